The molecule has 1 aliphatic carbocycles. The standard InChI is InChI=1S/C23H26N2O3/c1-14(2)28-22-7-5-4-6-21(22)25-23(26)15-8-10-19-17(12-15)18-13-16(27-3)9-11-20(18)24-19/h4-7,9,11,13-15,24H,8,10,12H2,1-3H3,(H,25,26). The minimum atomic E-state index is -0.0650. The quantitative estimate of drug-likeness (QED) is 0.676. The lowest BCUT2D eigenvalue weighted by atomic mass is 9.85. The second kappa shape index (κ2) is 7.58. The van der Waals surface area contributed by atoms with Crippen LogP contribution >= 0.6 is 0 Å². The molecule has 146 valence electrons. The number of methoxy groups -OCH3 is 1. The van der Waals surface area contributed by atoms with E-state index in [0.717, 1.165) is 41.6 Å². The van der Waals surface area contributed by atoms with Gasteiger partial charge in [-0.15, -0.1) is 0 Å². The molecular formula is C23H26N2O3. The number of aromatic amines is 1. The summed E-state index contributed by atoms with van der Waals surface area (Å²) in [6.45, 7) is 3.96. The first-order valence-electron chi connectivity index (χ1n) is 9.79. The Morgan fingerprint density at radius 2 is 2.04 bits per heavy atom. The van der Waals surface area contributed by atoms with E-state index in [2.05, 4.69) is 16.4 Å². The highest BCUT2D eigenvalue weighted by Crippen LogP contribution is 2.34. The average molecular weight is 378 g/mol. The lowest BCUT2D eigenvalue weighted by Gasteiger charge is -2.23. The van der Waals surface area contributed by atoms with Crippen molar-refractivity contribution in [2.75, 3.05) is 12.4 Å². The van der Waals surface area contributed by atoms with Crippen LogP contribution in [0.1, 0.15) is 31.5 Å². The molecule has 2 N–H and O–H groups in total. The van der Waals surface area contributed by atoms with E-state index in [0.29, 0.717) is 5.75 Å². The summed E-state index contributed by atoms with van der Waals surface area (Å²) < 4.78 is 11.2. The maximum atomic E-state index is 13.0. The lowest BCUT2D eigenvalue weighted by Crippen LogP contribution is -2.28. The number of carbonyl (C=O) groups is 1. The lowest BCUT2D eigenvalue weighted by molar-refractivity contribution is -0.120. The number of aryl methyl sites for hydroxylation is 1. The van der Waals surface area contributed by atoms with Crippen molar-refractivity contribution in [3.05, 3.63) is 53.7 Å². The zero-order valence-corrected chi connectivity index (χ0v) is 16.5. The van der Waals surface area contributed by atoms with E-state index >= 15 is 0 Å². The van der Waals surface area contributed by atoms with Crippen molar-refractivity contribution in [3.8, 4) is 11.5 Å². The molecule has 0 saturated carbocycles. The van der Waals surface area contributed by atoms with Crippen molar-refractivity contribution < 1.29 is 14.3 Å². The van der Waals surface area contributed by atoms with Crippen molar-refractivity contribution in [2.45, 2.75) is 39.2 Å². The van der Waals surface area contributed by atoms with Gasteiger partial charge in [0.25, 0.3) is 0 Å². The molecule has 0 aliphatic heterocycles. The van der Waals surface area contributed by atoms with Gasteiger partial charge in [-0.1, -0.05) is 12.1 Å². The first-order chi connectivity index (χ1) is 13.5. The van der Waals surface area contributed by atoms with Crippen LogP contribution in [0.3, 0.4) is 0 Å². The second-order valence-electron chi connectivity index (χ2n) is 7.59. The van der Waals surface area contributed by atoms with Gasteiger partial charge in [-0.05, 0) is 69.0 Å². The normalized spacial score (nSPS) is 16.1. The molecular weight excluding hydrogens is 352 g/mol. The largest absolute Gasteiger partial charge is 0.497 e. The molecule has 0 spiro atoms. The average Bonchev–Trinajstić information content (AvgIpc) is 3.06. The molecule has 2 aromatic carbocycles. The monoisotopic (exact) mass is 378 g/mol. The molecule has 0 saturated heterocycles. The van der Waals surface area contributed by atoms with E-state index in [1.165, 1.54) is 11.3 Å². The fraction of sp³-hybridized carbons (Fsp3) is 0.348. The van der Waals surface area contributed by atoms with E-state index in [9.17, 15) is 4.79 Å². The van der Waals surface area contributed by atoms with Crippen LogP contribution in [0.2, 0.25) is 0 Å². The maximum absolute atomic E-state index is 13.0. The molecule has 28 heavy (non-hydrogen) atoms. The van der Waals surface area contributed by atoms with E-state index in [4.69, 9.17) is 9.47 Å². The first kappa shape index (κ1) is 18.4. The van der Waals surface area contributed by atoms with Crippen LogP contribution in [-0.2, 0) is 17.6 Å². The molecule has 1 aliphatic rings. The van der Waals surface area contributed by atoms with Crippen molar-refractivity contribution in [1.29, 1.82) is 0 Å². The predicted molar refractivity (Wildman–Crippen MR) is 111 cm³/mol. The Labute approximate surface area is 165 Å². The topological polar surface area (TPSA) is 63.4 Å². The summed E-state index contributed by atoms with van der Waals surface area (Å²) in [6, 6.07) is 13.7. The zero-order chi connectivity index (χ0) is 19.7. The fourth-order valence-electron chi connectivity index (χ4n) is 3.91. The van der Waals surface area contributed by atoms with Gasteiger partial charge >= 0.3 is 0 Å². The van der Waals surface area contributed by atoms with Gasteiger partial charge in [0.15, 0.2) is 0 Å². The predicted octanol–water partition coefficient (Wildman–Crippen LogP) is 4.71. The van der Waals surface area contributed by atoms with E-state index in [1.54, 1.807) is 7.11 Å². The maximum Gasteiger partial charge on any atom is 0.227 e. The summed E-state index contributed by atoms with van der Waals surface area (Å²) in [5, 5.41) is 4.23. The molecule has 1 aromatic heterocycles. The van der Waals surface area contributed by atoms with Crippen LogP contribution < -0.4 is 14.8 Å². The number of hydrogen-bond donors (Lipinski definition) is 2. The highest BCUT2D eigenvalue weighted by molar-refractivity contribution is 5.95. The molecule has 5 heteroatoms. The number of ether oxygens (including phenoxy) is 2. The smallest absolute Gasteiger partial charge is 0.227 e. The van der Waals surface area contributed by atoms with Crippen LogP contribution in [0, 0.1) is 5.92 Å². The van der Waals surface area contributed by atoms with E-state index < -0.39 is 0 Å². The number of rotatable bonds is 5. The van der Waals surface area contributed by atoms with Crippen LogP contribution in [0.25, 0.3) is 10.9 Å². The van der Waals surface area contributed by atoms with Crippen LogP contribution in [-0.4, -0.2) is 24.1 Å². The summed E-state index contributed by atoms with van der Waals surface area (Å²) >= 11 is 0. The Kier molecular flexibility index (Phi) is 4.99. The Balaban J connectivity index is 1.55. The third kappa shape index (κ3) is 3.57. The minimum absolute atomic E-state index is 0.0442. The van der Waals surface area contributed by atoms with E-state index in [1.807, 2.05) is 50.2 Å². The Morgan fingerprint density at radius 3 is 2.82 bits per heavy atom. The van der Waals surface area contributed by atoms with Crippen LogP contribution in [0.5, 0.6) is 11.5 Å². The molecule has 1 heterocycles. The van der Waals surface area contributed by atoms with Crippen LogP contribution in [0.4, 0.5) is 5.69 Å². The third-order valence-electron chi connectivity index (χ3n) is 5.27. The van der Waals surface area contributed by atoms with Gasteiger partial charge in [-0.2, -0.15) is 0 Å². The summed E-state index contributed by atoms with van der Waals surface area (Å²) in [5.74, 6) is 1.52. The number of nitrogens with one attached hydrogen (secondary N) is 2. The Hall–Kier alpha value is -2.95. The summed E-state index contributed by atoms with van der Waals surface area (Å²) in [7, 11) is 1.67. The molecule has 4 rings (SSSR count). The van der Waals surface area contributed by atoms with Crippen molar-refractivity contribution in [3.63, 3.8) is 0 Å². The Bertz CT molecular complexity index is 1010. The molecule has 1 amide bonds. The number of para-hydroxylation sites is 2. The minimum Gasteiger partial charge on any atom is -0.497 e. The number of H-pyrrole nitrogens is 1. The van der Waals surface area contributed by atoms with Crippen molar-refractivity contribution in [2.24, 2.45) is 5.92 Å². The number of hydrogen-bond acceptors (Lipinski definition) is 3. The van der Waals surface area contributed by atoms with Crippen molar-refractivity contribution >= 4 is 22.5 Å². The Morgan fingerprint density at radius 1 is 1.21 bits per heavy atom. The number of aromatic nitrogens is 1. The second-order valence-corrected chi connectivity index (χ2v) is 7.59. The fourth-order valence-corrected chi connectivity index (χ4v) is 3.91. The molecule has 0 fully saturated rings. The molecule has 0 radical (unpaired) electrons. The van der Waals surface area contributed by atoms with Crippen molar-refractivity contribution in [1.82, 2.24) is 4.98 Å². The number of amides is 1. The highest BCUT2D eigenvalue weighted by atomic mass is 16.5. The van der Waals surface area contributed by atoms with Gasteiger partial charge in [-0.25, -0.2) is 0 Å². The van der Waals surface area contributed by atoms with Gasteiger partial charge in [0.1, 0.15) is 11.5 Å². The SMILES string of the molecule is COc1ccc2[nH]c3c(c2c1)CC(C(=O)Nc1ccccc1OC(C)C)CC3. The first-order valence-corrected chi connectivity index (χ1v) is 9.79. The summed E-state index contributed by atoms with van der Waals surface area (Å²) in [4.78, 5) is 16.5. The molecule has 0 bridgehead atoms. The number of benzene rings is 2. The van der Waals surface area contributed by atoms with Crippen LogP contribution in [0.15, 0.2) is 42.5 Å². The van der Waals surface area contributed by atoms with Gasteiger partial charge < -0.3 is 19.8 Å². The number of fused-ring (bicyclic) bond motifs is 3. The number of anilines is 1. The summed E-state index contributed by atoms with van der Waals surface area (Å²) in [6.07, 6.45) is 2.48. The van der Waals surface area contributed by atoms with Gasteiger partial charge in [0.05, 0.1) is 18.9 Å². The molecule has 3 aromatic rings. The van der Waals surface area contributed by atoms with Gasteiger partial charge in [0, 0.05) is 22.5 Å². The third-order valence-corrected chi connectivity index (χ3v) is 5.27. The number of carbonyl (C=O) groups excluding carboxylic acids is 1. The zero-order valence-electron chi connectivity index (χ0n) is 16.5. The molecule has 1 atom stereocenters. The highest BCUT2D eigenvalue weighted by Gasteiger charge is 2.28. The molecule has 5 nitrogen and oxygen atoms in total. The van der Waals surface area contributed by atoms with E-state index in [-0.39, 0.29) is 17.9 Å². The van der Waals surface area contributed by atoms with Gasteiger partial charge in [0.2, 0.25) is 5.91 Å². The van der Waals surface area contributed by atoms with Gasteiger partial charge in [-0.3, -0.25) is 4.79 Å². The summed E-state index contributed by atoms with van der Waals surface area (Å²) in [5.41, 5.74) is 4.29. The molecule has 1 unspecified atom stereocenters.